The Bertz CT molecular complexity index is 738. The first-order valence-corrected chi connectivity index (χ1v) is 8.36. The minimum Gasteiger partial charge on any atom is -0.306 e. The molecule has 108 valence electrons. The minimum absolute atomic E-state index is 0.141. The normalized spacial score (nSPS) is 12.7. The maximum absolute atomic E-state index is 6.34. The molecule has 3 rings (SSSR count). The van der Waals surface area contributed by atoms with Gasteiger partial charge in [0.25, 0.3) is 0 Å². The first kappa shape index (κ1) is 14.5. The van der Waals surface area contributed by atoms with Gasteiger partial charge >= 0.3 is 0 Å². The minimum atomic E-state index is 0.141. The highest BCUT2D eigenvalue weighted by Gasteiger charge is 2.18. The summed E-state index contributed by atoms with van der Waals surface area (Å²) in [5.41, 5.74) is 2.25. The summed E-state index contributed by atoms with van der Waals surface area (Å²) >= 11 is 8.04. The summed E-state index contributed by atoms with van der Waals surface area (Å²) in [5.74, 6) is 0. The van der Waals surface area contributed by atoms with Crippen molar-refractivity contribution in [2.45, 2.75) is 19.4 Å². The van der Waals surface area contributed by atoms with Crippen molar-refractivity contribution in [3.05, 3.63) is 63.4 Å². The monoisotopic (exact) mass is 316 g/mol. The largest absolute Gasteiger partial charge is 0.306 e. The molecular formula is C17H17ClN2S. The Morgan fingerprint density at radius 2 is 2.19 bits per heavy atom. The lowest BCUT2D eigenvalue weighted by Crippen LogP contribution is -2.22. The Morgan fingerprint density at radius 3 is 2.95 bits per heavy atom. The van der Waals surface area contributed by atoms with Gasteiger partial charge in [-0.2, -0.15) is 0 Å². The third kappa shape index (κ3) is 3.10. The van der Waals surface area contributed by atoms with Crippen molar-refractivity contribution >= 4 is 33.8 Å². The average molecular weight is 317 g/mol. The van der Waals surface area contributed by atoms with Crippen LogP contribution in [0, 0.1) is 0 Å². The molecular weight excluding hydrogens is 300 g/mol. The second-order valence-corrected chi connectivity index (χ2v) is 6.33. The number of pyridine rings is 1. The SMILES string of the molecule is CCCNC(c1ccc2ncccc2c1)c1sccc1Cl. The molecule has 0 aliphatic heterocycles. The van der Waals surface area contributed by atoms with Crippen LogP contribution in [0.2, 0.25) is 5.02 Å². The smallest absolute Gasteiger partial charge is 0.0702 e. The summed E-state index contributed by atoms with van der Waals surface area (Å²) < 4.78 is 0. The van der Waals surface area contributed by atoms with Crippen LogP contribution in [0.1, 0.15) is 29.8 Å². The zero-order valence-corrected chi connectivity index (χ0v) is 13.4. The summed E-state index contributed by atoms with van der Waals surface area (Å²) in [6.45, 7) is 3.13. The van der Waals surface area contributed by atoms with E-state index in [-0.39, 0.29) is 6.04 Å². The van der Waals surface area contributed by atoms with Crippen molar-refractivity contribution in [3.8, 4) is 0 Å². The first-order valence-electron chi connectivity index (χ1n) is 7.10. The molecule has 21 heavy (non-hydrogen) atoms. The second kappa shape index (κ2) is 6.56. The van der Waals surface area contributed by atoms with Crippen molar-refractivity contribution in [2.75, 3.05) is 6.54 Å². The second-order valence-electron chi connectivity index (χ2n) is 4.98. The van der Waals surface area contributed by atoms with Crippen LogP contribution in [0.5, 0.6) is 0 Å². The zero-order chi connectivity index (χ0) is 14.7. The Labute approximate surface area is 133 Å². The lowest BCUT2D eigenvalue weighted by atomic mass is 10.0. The molecule has 1 aromatic carbocycles. The lowest BCUT2D eigenvalue weighted by molar-refractivity contribution is 0.606. The highest BCUT2D eigenvalue weighted by molar-refractivity contribution is 7.10. The number of hydrogen-bond donors (Lipinski definition) is 1. The van der Waals surface area contributed by atoms with Crippen LogP contribution in [0.15, 0.2) is 48.0 Å². The fourth-order valence-corrected chi connectivity index (χ4v) is 3.70. The van der Waals surface area contributed by atoms with E-state index in [1.54, 1.807) is 11.3 Å². The van der Waals surface area contributed by atoms with Gasteiger partial charge in [0.15, 0.2) is 0 Å². The zero-order valence-electron chi connectivity index (χ0n) is 11.8. The summed E-state index contributed by atoms with van der Waals surface area (Å²) in [6.07, 6.45) is 2.92. The third-order valence-corrected chi connectivity index (χ3v) is 4.89. The van der Waals surface area contributed by atoms with Gasteiger partial charge in [0.1, 0.15) is 0 Å². The van der Waals surface area contributed by atoms with Crippen LogP contribution in [0.4, 0.5) is 0 Å². The Morgan fingerprint density at radius 1 is 1.29 bits per heavy atom. The van der Waals surface area contributed by atoms with Gasteiger partial charge in [0.05, 0.1) is 16.6 Å². The number of aromatic nitrogens is 1. The van der Waals surface area contributed by atoms with E-state index in [0.717, 1.165) is 28.9 Å². The van der Waals surface area contributed by atoms with E-state index in [1.807, 2.05) is 23.7 Å². The molecule has 2 aromatic heterocycles. The lowest BCUT2D eigenvalue weighted by Gasteiger charge is -2.19. The van der Waals surface area contributed by atoms with E-state index in [2.05, 4.69) is 41.5 Å². The van der Waals surface area contributed by atoms with E-state index < -0.39 is 0 Å². The number of fused-ring (bicyclic) bond motifs is 1. The molecule has 0 amide bonds. The Hall–Kier alpha value is -1.42. The van der Waals surface area contributed by atoms with E-state index >= 15 is 0 Å². The molecule has 0 radical (unpaired) electrons. The Balaban J connectivity index is 2.03. The van der Waals surface area contributed by atoms with Crippen molar-refractivity contribution in [2.24, 2.45) is 0 Å². The highest BCUT2D eigenvalue weighted by atomic mass is 35.5. The van der Waals surface area contributed by atoms with Gasteiger partial charge in [-0.25, -0.2) is 0 Å². The molecule has 0 saturated carbocycles. The summed E-state index contributed by atoms with van der Waals surface area (Å²) in [5, 5.41) is 7.63. The molecule has 0 aliphatic rings. The molecule has 0 aliphatic carbocycles. The number of nitrogens with one attached hydrogen (secondary N) is 1. The van der Waals surface area contributed by atoms with Gasteiger partial charge in [-0.15, -0.1) is 11.3 Å². The van der Waals surface area contributed by atoms with Gasteiger partial charge in [0.2, 0.25) is 0 Å². The molecule has 0 saturated heterocycles. The number of benzene rings is 1. The Kier molecular flexibility index (Phi) is 4.54. The molecule has 1 N–H and O–H groups in total. The summed E-state index contributed by atoms with van der Waals surface area (Å²) in [6, 6.07) is 12.6. The maximum Gasteiger partial charge on any atom is 0.0702 e. The fourth-order valence-electron chi connectivity index (χ4n) is 2.44. The molecule has 1 unspecified atom stereocenters. The number of rotatable bonds is 5. The molecule has 3 aromatic rings. The van der Waals surface area contributed by atoms with Crippen molar-refractivity contribution < 1.29 is 0 Å². The predicted molar refractivity (Wildman–Crippen MR) is 91.2 cm³/mol. The van der Waals surface area contributed by atoms with Gasteiger partial charge < -0.3 is 5.32 Å². The van der Waals surface area contributed by atoms with E-state index in [4.69, 9.17) is 11.6 Å². The molecule has 1 atom stereocenters. The average Bonchev–Trinajstić information content (AvgIpc) is 2.94. The number of nitrogens with zero attached hydrogens (tertiary/aromatic N) is 1. The maximum atomic E-state index is 6.34. The van der Waals surface area contributed by atoms with Gasteiger partial charge in [-0.1, -0.05) is 30.7 Å². The van der Waals surface area contributed by atoms with Crippen LogP contribution >= 0.6 is 22.9 Å². The van der Waals surface area contributed by atoms with Crippen LogP contribution in [0.25, 0.3) is 10.9 Å². The van der Waals surface area contributed by atoms with Crippen LogP contribution in [0.3, 0.4) is 0 Å². The van der Waals surface area contributed by atoms with E-state index in [0.29, 0.717) is 0 Å². The number of halogens is 1. The predicted octanol–water partition coefficient (Wildman–Crippen LogP) is 5.04. The molecule has 0 fully saturated rings. The molecule has 2 nitrogen and oxygen atoms in total. The van der Waals surface area contributed by atoms with Gasteiger partial charge in [-0.3, -0.25) is 4.98 Å². The molecule has 0 spiro atoms. The van der Waals surface area contributed by atoms with Crippen molar-refractivity contribution in [3.63, 3.8) is 0 Å². The van der Waals surface area contributed by atoms with Crippen LogP contribution < -0.4 is 5.32 Å². The molecule has 0 bridgehead atoms. The highest BCUT2D eigenvalue weighted by Crippen LogP contribution is 2.33. The van der Waals surface area contributed by atoms with Gasteiger partial charge in [-0.05, 0) is 48.2 Å². The molecule has 2 heterocycles. The quantitative estimate of drug-likeness (QED) is 0.713. The summed E-state index contributed by atoms with van der Waals surface area (Å²) in [7, 11) is 0. The fraction of sp³-hybridized carbons (Fsp3) is 0.235. The van der Waals surface area contributed by atoms with Crippen molar-refractivity contribution in [1.82, 2.24) is 10.3 Å². The van der Waals surface area contributed by atoms with Gasteiger partial charge in [0, 0.05) is 16.5 Å². The van der Waals surface area contributed by atoms with Crippen molar-refractivity contribution in [1.29, 1.82) is 0 Å². The van der Waals surface area contributed by atoms with E-state index in [9.17, 15) is 0 Å². The number of hydrogen-bond acceptors (Lipinski definition) is 3. The first-order chi connectivity index (χ1) is 10.3. The molecule has 4 heteroatoms. The third-order valence-electron chi connectivity index (χ3n) is 3.47. The summed E-state index contributed by atoms with van der Waals surface area (Å²) in [4.78, 5) is 5.55. The number of thiophene rings is 1. The topological polar surface area (TPSA) is 24.9 Å². The standard InChI is InChI=1S/C17H17ClN2S/c1-2-8-20-16(17-14(18)7-10-21-17)13-5-6-15-12(11-13)4-3-9-19-15/h3-7,9-11,16,20H,2,8H2,1H3. The van der Waals surface area contributed by atoms with Crippen LogP contribution in [-0.2, 0) is 0 Å². The van der Waals surface area contributed by atoms with Crippen LogP contribution in [-0.4, -0.2) is 11.5 Å². The van der Waals surface area contributed by atoms with E-state index in [1.165, 1.54) is 10.4 Å².